The predicted molar refractivity (Wildman–Crippen MR) is 81.8 cm³/mol. The number of ether oxygens (including phenoxy) is 1. The van der Waals surface area contributed by atoms with E-state index < -0.39 is 7.12 Å². The van der Waals surface area contributed by atoms with Gasteiger partial charge >= 0.3 is 7.12 Å². The van der Waals surface area contributed by atoms with Gasteiger partial charge in [-0.05, 0) is 53.4 Å². The van der Waals surface area contributed by atoms with Gasteiger partial charge in [-0.15, -0.1) is 0 Å². The lowest BCUT2D eigenvalue weighted by Gasteiger charge is -2.32. The van der Waals surface area contributed by atoms with E-state index >= 15 is 0 Å². The Hall–Kier alpha value is -1.01. The van der Waals surface area contributed by atoms with Crippen LogP contribution in [0.5, 0.6) is 6.01 Å². The molecule has 1 aliphatic heterocycles. The minimum atomic E-state index is -0.395. The van der Waals surface area contributed by atoms with E-state index in [0.29, 0.717) is 12.1 Å². The van der Waals surface area contributed by atoms with Crippen LogP contribution in [0.2, 0.25) is 0 Å². The summed E-state index contributed by atoms with van der Waals surface area (Å²) in [5, 5.41) is 0. The molecule has 3 rings (SSSR count). The topological polar surface area (TPSA) is 45.5 Å². The zero-order chi connectivity index (χ0) is 15.3. The summed E-state index contributed by atoms with van der Waals surface area (Å²) in [5.74, 6) is 0. The third kappa shape index (κ3) is 2.59. The highest BCUT2D eigenvalue weighted by Gasteiger charge is 2.52. The van der Waals surface area contributed by atoms with Gasteiger partial charge in [-0.1, -0.05) is 0 Å². The first kappa shape index (κ1) is 14.9. The minimum absolute atomic E-state index is 0.303. The van der Waals surface area contributed by atoms with Crippen molar-refractivity contribution in [3.05, 3.63) is 6.20 Å². The molecule has 2 aliphatic rings. The van der Waals surface area contributed by atoms with E-state index in [0.717, 1.165) is 18.4 Å². The smallest absolute Gasteiger partial charge is 0.461 e. The van der Waals surface area contributed by atoms with Crippen LogP contribution in [0.4, 0.5) is 0 Å². The molecule has 0 atom stereocenters. The molecule has 0 radical (unpaired) electrons. The second-order valence-corrected chi connectivity index (χ2v) is 7.14. The van der Waals surface area contributed by atoms with Crippen molar-refractivity contribution in [2.24, 2.45) is 7.05 Å². The van der Waals surface area contributed by atoms with Gasteiger partial charge in [0.15, 0.2) is 0 Å². The molecule has 1 saturated heterocycles. The maximum absolute atomic E-state index is 6.08. The molecule has 0 spiro atoms. The summed E-state index contributed by atoms with van der Waals surface area (Å²) >= 11 is 0. The van der Waals surface area contributed by atoms with Gasteiger partial charge in [0.1, 0.15) is 6.10 Å². The largest absolute Gasteiger partial charge is 0.514 e. The Labute approximate surface area is 127 Å². The molecule has 0 bridgehead atoms. The fourth-order valence-corrected chi connectivity index (χ4v) is 2.85. The number of nitrogens with zero attached hydrogens (tertiary/aromatic N) is 2. The monoisotopic (exact) mass is 292 g/mol. The van der Waals surface area contributed by atoms with Gasteiger partial charge in [-0.25, -0.2) is 4.98 Å². The zero-order valence-corrected chi connectivity index (χ0v) is 13.7. The number of hydrogen-bond acceptors (Lipinski definition) is 4. The van der Waals surface area contributed by atoms with Crippen molar-refractivity contribution < 1.29 is 14.0 Å². The molecule has 1 aromatic rings. The maximum Gasteiger partial charge on any atom is 0.514 e. The van der Waals surface area contributed by atoms with E-state index in [2.05, 4.69) is 32.7 Å². The molecule has 1 aliphatic carbocycles. The number of hydrogen-bond donors (Lipinski definition) is 0. The highest BCUT2D eigenvalue weighted by atomic mass is 16.7. The van der Waals surface area contributed by atoms with E-state index in [-0.39, 0.29) is 11.2 Å². The zero-order valence-electron chi connectivity index (χ0n) is 13.7. The van der Waals surface area contributed by atoms with Crippen molar-refractivity contribution in [3.63, 3.8) is 0 Å². The summed E-state index contributed by atoms with van der Waals surface area (Å²) in [4.78, 5) is 4.40. The van der Waals surface area contributed by atoms with Crippen LogP contribution in [0.1, 0.15) is 53.4 Å². The predicted octanol–water partition coefficient (Wildman–Crippen LogP) is 2.04. The van der Waals surface area contributed by atoms with Gasteiger partial charge < -0.3 is 18.6 Å². The van der Waals surface area contributed by atoms with E-state index in [1.165, 1.54) is 12.8 Å². The van der Waals surface area contributed by atoms with Crippen LogP contribution in [0, 0.1) is 0 Å². The van der Waals surface area contributed by atoms with Crippen LogP contribution < -0.4 is 10.3 Å². The Balaban J connectivity index is 1.76. The van der Waals surface area contributed by atoms with E-state index in [1.807, 2.05) is 11.6 Å². The average Bonchev–Trinajstić information content (AvgIpc) is 3.03. The molecule has 0 amide bonds. The maximum atomic E-state index is 6.08. The van der Waals surface area contributed by atoms with Gasteiger partial charge in [-0.3, -0.25) is 0 Å². The van der Waals surface area contributed by atoms with Gasteiger partial charge in [0.05, 0.1) is 16.8 Å². The minimum Gasteiger partial charge on any atom is -0.461 e. The number of imidazole rings is 1. The molecule has 2 heterocycles. The molecule has 1 saturated carbocycles. The van der Waals surface area contributed by atoms with E-state index in [4.69, 9.17) is 14.0 Å². The first-order valence-corrected chi connectivity index (χ1v) is 7.84. The molecular formula is C15H25BN2O3. The average molecular weight is 292 g/mol. The highest BCUT2D eigenvalue weighted by molar-refractivity contribution is 6.61. The van der Waals surface area contributed by atoms with Crippen molar-refractivity contribution in [2.75, 3.05) is 0 Å². The third-order valence-corrected chi connectivity index (χ3v) is 5.05. The summed E-state index contributed by atoms with van der Waals surface area (Å²) in [7, 11) is 1.56. The Morgan fingerprint density at radius 1 is 1.19 bits per heavy atom. The second-order valence-electron chi connectivity index (χ2n) is 7.14. The van der Waals surface area contributed by atoms with E-state index in [1.54, 1.807) is 6.20 Å². The van der Waals surface area contributed by atoms with Crippen LogP contribution in [0.15, 0.2) is 6.20 Å². The van der Waals surface area contributed by atoms with Crippen molar-refractivity contribution in [1.29, 1.82) is 0 Å². The van der Waals surface area contributed by atoms with E-state index in [9.17, 15) is 0 Å². The Kier molecular flexibility index (Phi) is 3.57. The molecule has 116 valence electrons. The fourth-order valence-electron chi connectivity index (χ4n) is 2.85. The number of aromatic nitrogens is 2. The standard InChI is InChI=1S/C15H25BN2O3/c1-14(2)15(3,4)21-16(20-14)12-10-17-13(18(12)5)19-11-8-6-7-9-11/h10-11H,6-9H2,1-5H3. The Morgan fingerprint density at radius 3 is 2.33 bits per heavy atom. The van der Waals surface area contributed by atoms with Gasteiger partial charge in [0, 0.05) is 13.2 Å². The van der Waals surface area contributed by atoms with Crippen LogP contribution in [0.3, 0.4) is 0 Å². The first-order valence-electron chi connectivity index (χ1n) is 7.84. The molecular weight excluding hydrogens is 267 g/mol. The lowest BCUT2D eigenvalue weighted by Crippen LogP contribution is -2.41. The van der Waals surface area contributed by atoms with Crippen LogP contribution in [0.25, 0.3) is 0 Å². The normalized spacial score (nSPS) is 24.7. The van der Waals surface area contributed by atoms with Crippen LogP contribution in [-0.2, 0) is 16.4 Å². The van der Waals surface area contributed by atoms with Crippen molar-refractivity contribution in [2.45, 2.75) is 70.7 Å². The lowest BCUT2D eigenvalue weighted by atomic mass is 9.85. The van der Waals surface area contributed by atoms with Gasteiger partial charge in [-0.2, -0.15) is 0 Å². The first-order chi connectivity index (χ1) is 9.80. The Morgan fingerprint density at radius 2 is 1.76 bits per heavy atom. The highest BCUT2D eigenvalue weighted by Crippen LogP contribution is 2.36. The molecule has 6 heteroatoms. The van der Waals surface area contributed by atoms with Crippen LogP contribution in [-0.4, -0.2) is 34.0 Å². The fraction of sp³-hybridized carbons (Fsp3) is 0.800. The van der Waals surface area contributed by atoms with Gasteiger partial charge in [0.25, 0.3) is 6.01 Å². The summed E-state index contributed by atoms with van der Waals surface area (Å²) in [6.45, 7) is 8.22. The Bertz CT molecular complexity index is 505. The quantitative estimate of drug-likeness (QED) is 0.800. The number of rotatable bonds is 3. The molecule has 5 nitrogen and oxygen atoms in total. The molecule has 2 fully saturated rings. The summed E-state index contributed by atoms with van der Waals surface area (Å²) in [6, 6.07) is 0.659. The molecule has 0 N–H and O–H groups in total. The van der Waals surface area contributed by atoms with Crippen molar-refractivity contribution in [3.8, 4) is 6.01 Å². The molecule has 21 heavy (non-hydrogen) atoms. The molecule has 0 unspecified atom stereocenters. The van der Waals surface area contributed by atoms with Crippen LogP contribution >= 0.6 is 0 Å². The molecule has 1 aromatic heterocycles. The molecule has 0 aromatic carbocycles. The summed E-state index contributed by atoms with van der Waals surface area (Å²) in [5.41, 5.74) is 0.227. The second kappa shape index (κ2) is 5.02. The summed E-state index contributed by atoms with van der Waals surface area (Å²) < 4.78 is 20.1. The third-order valence-electron chi connectivity index (χ3n) is 5.05. The SMILES string of the molecule is Cn1c(B2OC(C)(C)C(C)(C)O2)cnc1OC1CCCC1. The lowest BCUT2D eigenvalue weighted by molar-refractivity contribution is 0.00578. The summed E-state index contributed by atoms with van der Waals surface area (Å²) in [6.07, 6.45) is 6.85. The van der Waals surface area contributed by atoms with Crippen molar-refractivity contribution >= 4 is 12.7 Å². The van der Waals surface area contributed by atoms with Gasteiger partial charge in [0.2, 0.25) is 0 Å². The van der Waals surface area contributed by atoms with Crippen molar-refractivity contribution in [1.82, 2.24) is 9.55 Å².